The largest absolute Gasteiger partial charge is 0.464 e. The van der Waals surface area contributed by atoms with Crippen molar-refractivity contribution in [2.24, 2.45) is 0 Å². The van der Waals surface area contributed by atoms with Crippen LogP contribution in [0.1, 0.15) is 27.7 Å². The molecule has 3 N–H and O–H groups in total. The highest BCUT2D eigenvalue weighted by molar-refractivity contribution is 5.68. The Hall–Kier alpha value is -1.50. The van der Waals surface area contributed by atoms with E-state index < -0.39 is 17.8 Å². The Kier molecular flexibility index (Phi) is 5.59. The number of carbonyl (C=O) groups is 2. The van der Waals surface area contributed by atoms with Gasteiger partial charge in [-0.3, -0.25) is 4.84 Å². The van der Waals surface area contributed by atoms with E-state index in [0.29, 0.717) is 0 Å². The Morgan fingerprint density at radius 3 is 2.38 bits per heavy atom. The van der Waals surface area contributed by atoms with Crippen LogP contribution in [0.15, 0.2) is 0 Å². The van der Waals surface area contributed by atoms with Crippen molar-refractivity contribution >= 4 is 12.2 Å². The molecule has 7 nitrogen and oxygen atoms in total. The number of hydrogen-bond acceptors (Lipinski definition) is 4. The standard InChI is InChI=1S/C9H18N2O5/c1-6(5-15-11-7(12)13)10-8(14)16-9(2,3)4/h6,11H,5H2,1-4H3,(H,10,14)(H,12,13)/t6-/m0/s1. The highest BCUT2D eigenvalue weighted by atomic mass is 16.7. The first kappa shape index (κ1) is 14.5. The molecule has 0 rings (SSSR count). The van der Waals surface area contributed by atoms with E-state index in [1.807, 2.05) is 0 Å². The number of nitrogens with one attached hydrogen (secondary N) is 2. The van der Waals surface area contributed by atoms with E-state index >= 15 is 0 Å². The minimum atomic E-state index is -1.29. The topological polar surface area (TPSA) is 96.9 Å². The van der Waals surface area contributed by atoms with E-state index in [-0.39, 0.29) is 12.6 Å². The molecule has 7 heteroatoms. The maximum absolute atomic E-state index is 11.2. The number of ether oxygens (including phenoxy) is 1. The zero-order valence-corrected chi connectivity index (χ0v) is 9.86. The summed E-state index contributed by atoms with van der Waals surface area (Å²) in [6.07, 6.45) is -1.86. The molecule has 0 heterocycles. The van der Waals surface area contributed by atoms with E-state index in [2.05, 4.69) is 10.2 Å². The van der Waals surface area contributed by atoms with Gasteiger partial charge in [-0.1, -0.05) is 0 Å². The van der Waals surface area contributed by atoms with E-state index in [9.17, 15) is 9.59 Å². The van der Waals surface area contributed by atoms with Crippen molar-refractivity contribution in [3.05, 3.63) is 0 Å². The summed E-state index contributed by atoms with van der Waals surface area (Å²) < 4.78 is 4.99. The second kappa shape index (κ2) is 6.16. The van der Waals surface area contributed by atoms with Gasteiger partial charge in [0.15, 0.2) is 0 Å². The summed E-state index contributed by atoms with van der Waals surface area (Å²) in [6, 6.07) is -0.360. The number of carboxylic acid groups (broad SMARTS) is 1. The first-order valence-corrected chi connectivity index (χ1v) is 4.81. The smallest absolute Gasteiger partial charge is 0.428 e. The minimum Gasteiger partial charge on any atom is -0.464 e. The summed E-state index contributed by atoms with van der Waals surface area (Å²) in [6.45, 7) is 6.93. The molecule has 0 aromatic heterocycles. The molecule has 0 radical (unpaired) electrons. The molecule has 1 atom stereocenters. The number of alkyl carbamates (subject to hydrolysis) is 1. The van der Waals surface area contributed by atoms with Gasteiger partial charge in [0.2, 0.25) is 0 Å². The quantitative estimate of drug-likeness (QED) is 0.633. The second-order valence-corrected chi connectivity index (χ2v) is 4.27. The molecular formula is C9H18N2O5. The van der Waals surface area contributed by atoms with Crippen molar-refractivity contribution in [3.8, 4) is 0 Å². The molecule has 2 amide bonds. The van der Waals surface area contributed by atoms with Crippen LogP contribution < -0.4 is 10.8 Å². The van der Waals surface area contributed by atoms with Crippen LogP contribution in [-0.2, 0) is 9.57 Å². The average Bonchev–Trinajstić information content (AvgIpc) is 1.98. The molecule has 0 aromatic carbocycles. The van der Waals surface area contributed by atoms with E-state index in [1.165, 1.54) is 0 Å². The molecule has 0 aliphatic rings. The third kappa shape index (κ3) is 9.07. The second-order valence-electron chi connectivity index (χ2n) is 4.27. The summed E-state index contributed by atoms with van der Waals surface area (Å²) >= 11 is 0. The summed E-state index contributed by atoms with van der Waals surface area (Å²) in [7, 11) is 0. The van der Waals surface area contributed by atoms with Gasteiger partial charge in [-0.25, -0.2) is 9.59 Å². The Labute approximate surface area is 94.1 Å². The first-order chi connectivity index (χ1) is 7.20. The fourth-order valence-electron chi connectivity index (χ4n) is 0.779. The van der Waals surface area contributed by atoms with Gasteiger partial charge in [0.1, 0.15) is 5.60 Å². The van der Waals surface area contributed by atoms with Crippen LogP contribution >= 0.6 is 0 Å². The molecule has 0 aromatic rings. The normalized spacial score (nSPS) is 12.8. The van der Waals surface area contributed by atoms with E-state index in [4.69, 9.17) is 9.84 Å². The third-order valence-corrected chi connectivity index (χ3v) is 1.26. The van der Waals surface area contributed by atoms with Crippen LogP contribution in [-0.4, -0.2) is 35.5 Å². The molecule has 0 bridgehead atoms. The summed E-state index contributed by atoms with van der Waals surface area (Å²) in [4.78, 5) is 25.9. The average molecular weight is 234 g/mol. The zero-order chi connectivity index (χ0) is 12.8. The van der Waals surface area contributed by atoms with Crippen molar-refractivity contribution in [2.45, 2.75) is 39.3 Å². The molecule has 0 aliphatic carbocycles. The van der Waals surface area contributed by atoms with Crippen molar-refractivity contribution < 1.29 is 24.3 Å². The summed E-state index contributed by atoms with van der Waals surface area (Å²) in [5.74, 6) is 0. The molecule has 94 valence electrons. The SMILES string of the molecule is C[C@@H](CONC(=O)O)NC(=O)OC(C)(C)C. The molecule has 0 saturated heterocycles. The maximum atomic E-state index is 11.2. The lowest BCUT2D eigenvalue weighted by Crippen LogP contribution is -2.41. The molecule has 0 unspecified atom stereocenters. The lowest BCUT2D eigenvalue weighted by molar-refractivity contribution is 0.0236. The number of carbonyl (C=O) groups excluding carboxylic acids is 1. The molecule has 0 spiro atoms. The van der Waals surface area contributed by atoms with Crippen molar-refractivity contribution in [3.63, 3.8) is 0 Å². The number of hydroxylamine groups is 1. The molecular weight excluding hydrogens is 216 g/mol. The molecule has 16 heavy (non-hydrogen) atoms. The van der Waals surface area contributed by atoms with Crippen LogP contribution in [0.4, 0.5) is 9.59 Å². The first-order valence-electron chi connectivity index (χ1n) is 4.81. The highest BCUT2D eigenvalue weighted by Gasteiger charge is 2.17. The van der Waals surface area contributed by atoms with Crippen LogP contribution in [0.2, 0.25) is 0 Å². The van der Waals surface area contributed by atoms with E-state index in [0.717, 1.165) is 0 Å². The van der Waals surface area contributed by atoms with Gasteiger partial charge in [-0.2, -0.15) is 5.48 Å². The van der Waals surface area contributed by atoms with Crippen LogP contribution in [0.3, 0.4) is 0 Å². The Bertz CT molecular complexity index is 249. The van der Waals surface area contributed by atoms with Crippen molar-refractivity contribution in [1.29, 1.82) is 0 Å². The van der Waals surface area contributed by atoms with Gasteiger partial charge in [0.05, 0.1) is 12.6 Å². The predicted molar refractivity (Wildman–Crippen MR) is 55.9 cm³/mol. The zero-order valence-electron chi connectivity index (χ0n) is 9.86. The minimum absolute atomic E-state index is 0.0194. The van der Waals surface area contributed by atoms with Gasteiger partial charge in [0.25, 0.3) is 0 Å². The lowest BCUT2D eigenvalue weighted by atomic mass is 10.2. The fraction of sp³-hybridized carbons (Fsp3) is 0.778. The molecule has 0 saturated carbocycles. The highest BCUT2D eigenvalue weighted by Crippen LogP contribution is 2.06. The van der Waals surface area contributed by atoms with Crippen LogP contribution in [0, 0.1) is 0 Å². The third-order valence-electron chi connectivity index (χ3n) is 1.26. The Morgan fingerprint density at radius 2 is 1.94 bits per heavy atom. The van der Waals surface area contributed by atoms with Crippen LogP contribution in [0.5, 0.6) is 0 Å². The monoisotopic (exact) mass is 234 g/mol. The molecule has 0 aliphatic heterocycles. The van der Waals surface area contributed by atoms with Gasteiger partial charge >= 0.3 is 12.2 Å². The Morgan fingerprint density at radius 1 is 1.38 bits per heavy atom. The fourth-order valence-corrected chi connectivity index (χ4v) is 0.779. The summed E-state index contributed by atoms with van der Waals surface area (Å²) in [5.41, 5.74) is 1.16. The lowest BCUT2D eigenvalue weighted by Gasteiger charge is -2.21. The Balaban J connectivity index is 3.74. The molecule has 0 fully saturated rings. The van der Waals surface area contributed by atoms with Crippen LogP contribution in [0.25, 0.3) is 0 Å². The number of hydrogen-bond donors (Lipinski definition) is 3. The van der Waals surface area contributed by atoms with Gasteiger partial charge in [0, 0.05) is 0 Å². The van der Waals surface area contributed by atoms with Gasteiger partial charge in [-0.05, 0) is 27.7 Å². The number of amides is 2. The predicted octanol–water partition coefficient (Wildman–Crippen LogP) is 1.10. The van der Waals surface area contributed by atoms with Gasteiger partial charge < -0.3 is 15.2 Å². The van der Waals surface area contributed by atoms with E-state index in [1.54, 1.807) is 33.2 Å². The van der Waals surface area contributed by atoms with Gasteiger partial charge in [-0.15, -0.1) is 0 Å². The summed E-state index contributed by atoms with van der Waals surface area (Å²) in [5, 5.41) is 10.7. The van der Waals surface area contributed by atoms with Crippen molar-refractivity contribution in [1.82, 2.24) is 10.8 Å². The van der Waals surface area contributed by atoms with Crippen molar-refractivity contribution in [2.75, 3.05) is 6.61 Å². The number of rotatable bonds is 4. The maximum Gasteiger partial charge on any atom is 0.428 e.